The van der Waals surface area contributed by atoms with Crippen molar-refractivity contribution in [3.05, 3.63) is 47.3 Å². The van der Waals surface area contributed by atoms with Crippen molar-refractivity contribution < 1.29 is 14.3 Å². The van der Waals surface area contributed by atoms with Crippen molar-refractivity contribution >= 4 is 17.6 Å². The third kappa shape index (κ3) is 2.61. The van der Waals surface area contributed by atoms with Crippen LogP contribution in [0.4, 0.5) is 4.39 Å². The highest BCUT2D eigenvalue weighted by Crippen LogP contribution is 2.28. The van der Waals surface area contributed by atoms with Crippen molar-refractivity contribution in [2.45, 2.75) is 13.3 Å². The predicted octanol–water partition coefficient (Wildman–Crippen LogP) is 3.30. The summed E-state index contributed by atoms with van der Waals surface area (Å²) in [4.78, 5) is 11.0. The summed E-state index contributed by atoms with van der Waals surface area (Å²) < 4.78 is 12.8. The number of carbonyl (C=O) groups is 1. The molecule has 0 amide bonds. The highest BCUT2D eigenvalue weighted by molar-refractivity contribution is 6.31. The minimum atomic E-state index is -1.10. The quantitative estimate of drug-likeness (QED) is 0.823. The molecular formula is C12H12ClFO2. The molecular weight excluding hydrogens is 231 g/mol. The fourth-order valence-electron chi connectivity index (χ4n) is 1.30. The molecule has 86 valence electrons. The second-order valence-corrected chi connectivity index (χ2v) is 4.25. The average molecular weight is 243 g/mol. The summed E-state index contributed by atoms with van der Waals surface area (Å²) in [5.41, 5.74) is -0.505. The van der Waals surface area contributed by atoms with E-state index >= 15 is 0 Å². The molecule has 0 bridgehead atoms. The number of halogens is 2. The standard InChI is InChI=1S/C12H12ClFO2/c1-3-12(2,11(15)16)7-8-4-5-9(14)6-10(8)13/h3-6H,1,7H2,2H3,(H,15,16). The molecule has 0 saturated carbocycles. The number of hydrogen-bond donors (Lipinski definition) is 1. The van der Waals surface area contributed by atoms with Gasteiger partial charge in [0.25, 0.3) is 0 Å². The van der Waals surface area contributed by atoms with Crippen LogP contribution in [0.1, 0.15) is 12.5 Å². The van der Waals surface area contributed by atoms with Gasteiger partial charge in [-0.15, -0.1) is 6.58 Å². The molecule has 4 heteroatoms. The first kappa shape index (κ1) is 12.7. The minimum absolute atomic E-state index is 0.185. The first-order valence-corrected chi connectivity index (χ1v) is 5.08. The lowest BCUT2D eigenvalue weighted by Crippen LogP contribution is -2.27. The minimum Gasteiger partial charge on any atom is -0.481 e. The monoisotopic (exact) mass is 242 g/mol. The van der Waals surface area contributed by atoms with Gasteiger partial charge in [-0.05, 0) is 31.0 Å². The molecule has 0 fully saturated rings. The molecule has 1 unspecified atom stereocenters. The number of rotatable bonds is 4. The Morgan fingerprint density at radius 2 is 2.31 bits per heavy atom. The van der Waals surface area contributed by atoms with Crippen molar-refractivity contribution in [2.24, 2.45) is 5.41 Å². The van der Waals surface area contributed by atoms with E-state index in [9.17, 15) is 9.18 Å². The topological polar surface area (TPSA) is 37.3 Å². The molecule has 1 aromatic carbocycles. The molecule has 0 aromatic heterocycles. The third-order valence-corrected chi connectivity index (χ3v) is 2.86. The van der Waals surface area contributed by atoms with E-state index < -0.39 is 17.2 Å². The first-order chi connectivity index (χ1) is 7.39. The summed E-state index contributed by atoms with van der Waals surface area (Å²) in [5, 5.41) is 9.28. The Morgan fingerprint density at radius 1 is 1.69 bits per heavy atom. The highest BCUT2D eigenvalue weighted by atomic mass is 35.5. The maximum Gasteiger partial charge on any atom is 0.313 e. The summed E-state index contributed by atoms with van der Waals surface area (Å²) in [6.45, 7) is 5.04. The van der Waals surface area contributed by atoms with E-state index in [4.69, 9.17) is 16.7 Å². The Kier molecular flexibility index (Phi) is 3.70. The second-order valence-electron chi connectivity index (χ2n) is 3.84. The summed E-state index contributed by atoms with van der Waals surface area (Å²) in [5.74, 6) is -1.42. The average Bonchev–Trinajstić information content (AvgIpc) is 2.22. The van der Waals surface area contributed by atoms with Crippen LogP contribution in [0, 0.1) is 11.2 Å². The lowest BCUT2D eigenvalue weighted by Gasteiger charge is -2.20. The summed E-state index contributed by atoms with van der Waals surface area (Å²) >= 11 is 5.83. The largest absolute Gasteiger partial charge is 0.481 e. The second kappa shape index (κ2) is 4.66. The van der Waals surface area contributed by atoms with E-state index in [0.29, 0.717) is 5.56 Å². The molecule has 0 aliphatic heterocycles. The van der Waals surface area contributed by atoms with Gasteiger partial charge in [-0.25, -0.2) is 4.39 Å². The molecule has 16 heavy (non-hydrogen) atoms. The highest BCUT2D eigenvalue weighted by Gasteiger charge is 2.30. The van der Waals surface area contributed by atoms with Gasteiger partial charge >= 0.3 is 5.97 Å². The van der Waals surface area contributed by atoms with Crippen molar-refractivity contribution in [3.63, 3.8) is 0 Å². The Hall–Kier alpha value is -1.35. The van der Waals surface area contributed by atoms with Crippen LogP contribution in [0.3, 0.4) is 0 Å². The molecule has 2 nitrogen and oxygen atoms in total. The first-order valence-electron chi connectivity index (χ1n) is 4.70. The number of carboxylic acids is 1. The molecule has 0 saturated heterocycles. The van der Waals surface area contributed by atoms with Gasteiger partial charge < -0.3 is 5.11 Å². The van der Waals surface area contributed by atoms with E-state index in [-0.39, 0.29) is 11.4 Å². The van der Waals surface area contributed by atoms with Crippen LogP contribution in [0.2, 0.25) is 5.02 Å². The Balaban J connectivity index is 3.04. The van der Waals surface area contributed by atoms with Crippen LogP contribution in [0.15, 0.2) is 30.9 Å². The van der Waals surface area contributed by atoms with Crippen LogP contribution in [0.5, 0.6) is 0 Å². The van der Waals surface area contributed by atoms with Crippen LogP contribution in [-0.4, -0.2) is 11.1 Å². The van der Waals surface area contributed by atoms with Crippen molar-refractivity contribution in [3.8, 4) is 0 Å². The van der Waals surface area contributed by atoms with Crippen LogP contribution in [0.25, 0.3) is 0 Å². The fourth-order valence-corrected chi connectivity index (χ4v) is 1.53. The normalized spacial score (nSPS) is 14.2. The molecule has 1 N–H and O–H groups in total. The Labute approximate surface area is 98.4 Å². The fraction of sp³-hybridized carbons (Fsp3) is 0.250. The van der Waals surface area contributed by atoms with Gasteiger partial charge in [0.15, 0.2) is 0 Å². The summed E-state index contributed by atoms with van der Waals surface area (Å²) in [7, 11) is 0. The predicted molar refractivity (Wildman–Crippen MR) is 61.1 cm³/mol. The molecule has 0 aliphatic carbocycles. The zero-order valence-corrected chi connectivity index (χ0v) is 9.59. The molecule has 1 aromatic rings. The summed E-state index contributed by atoms with van der Waals surface area (Å²) in [6, 6.07) is 3.91. The van der Waals surface area contributed by atoms with Gasteiger partial charge in [0.05, 0.1) is 5.41 Å². The maximum absolute atomic E-state index is 12.8. The van der Waals surface area contributed by atoms with E-state index in [2.05, 4.69) is 6.58 Å². The molecule has 0 spiro atoms. The van der Waals surface area contributed by atoms with Gasteiger partial charge in [-0.3, -0.25) is 4.79 Å². The van der Waals surface area contributed by atoms with Gasteiger partial charge in [0.2, 0.25) is 0 Å². The number of hydrogen-bond acceptors (Lipinski definition) is 1. The Bertz CT molecular complexity index is 431. The molecule has 0 radical (unpaired) electrons. The molecule has 1 rings (SSSR count). The lowest BCUT2D eigenvalue weighted by molar-refractivity contribution is -0.145. The van der Waals surface area contributed by atoms with E-state index in [1.807, 2.05) is 0 Å². The SMILES string of the molecule is C=CC(C)(Cc1ccc(F)cc1Cl)C(=O)O. The zero-order chi connectivity index (χ0) is 12.3. The molecule has 0 aliphatic rings. The molecule has 1 atom stereocenters. The van der Waals surface area contributed by atoms with Gasteiger partial charge in [0.1, 0.15) is 5.82 Å². The van der Waals surface area contributed by atoms with Crippen LogP contribution < -0.4 is 0 Å². The van der Waals surface area contributed by atoms with E-state index in [1.165, 1.54) is 24.3 Å². The van der Waals surface area contributed by atoms with Crippen molar-refractivity contribution in [1.29, 1.82) is 0 Å². The van der Waals surface area contributed by atoms with E-state index in [1.54, 1.807) is 6.92 Å². The van der Waals surface area contributed by atoms with Gasteiger partial charge in [-0.2, -0.15) is 0 Å². The van der Waals surface area contributed by atoms with Crippen molar-refractivity contribution in [2.75, 3.05) is 0 Å². The zero-order valence-electron chi connectivity index (χ0n) is 8.84. The van der Waals surface area contributed by atoms with E-state index in [0.717, 1.165) is 0 Å². The smallest absolute Gasteiger partial charge is 0.313 e. The van der Waals surface area contributed by atoms with Gasteiger partial charge in [0, 0.05) is 5.02 Å². The number of carboxylic acid groups (broad SMARTS) is 1. The maximum atomic E-state index is 12.8. The number of benzene rings is 1. The Morgan fingerprint density at radius 3 is 2.75 bits per heavy atom. The number of aliphatic carboxylic acids is 1. The lowest BCUT2D eigenvalue weighted by atomic mass is 9.84. The van der Waals surface area contributed by atoms with Crippen LogP contribution >= 0.6 is 11.6 Å². The summed E-state index contributed by atoms with van der Waals surface area (Å²) in [6.07, 6.45) is 1.54. The van der Waals surface area contributed by atoms with Crippen molar-refractivity contribution in [1.82, 2.24) is 0 Å². The third-order valence-electron chi connectivity index (χ3n) is 2.51. The van der Waals surface area contributed by atoms with Crippen LogP contribution in [-0.2, 0) is 11.2 Å². The molecule has 0 heterocycles. The van der Waals surface area contributed by atoms with Gasteiger partial charge in [-0.1, -0.05) is 23.7 Å².